The molecule has 2 saturated heterocycles. The molecule has 3 heteroatoms. The van der Waals surface area contributed by atoms with Gasteiger partial charge in [-0.25, -0.2) is 0 Å². The van der Waals surface area contributed by atoms with Crippen LogP contribution in [0.3, 0.4) is 0 Å². The van der Waals surface area contributed by atoms with Crippen LogP contribution < -0.4 is 0 Å². The van der Waals surface area contributed by atoms with Crippen molar-refractivity contribution in [1.29, 1.82) is 0 Å². The van der Waals surface area contributed by atoms with Gasteiger partial charge in [0.2, 0.25) is 0 Å². The van der Waals surface area contributed by atoms with Crippen molar-refractivity contribution < 1.29 is 14.3 Å². The number of ether oxygens (including phenoxy) is 2. The molecule has 10 unspecified atom stereocenters. The second kappa shape index (κ2) is 6.22. The zero-order valence-electron chi connectivity index (χ0n) is 16.8. The minimum atomic E-state index is -0.146. The molecule has 5 rings (SSSR count). The third-order valence-corrected chi connectivity index (χ3v) is 9.34. The van der Waals surface area contributed by atoms with E-state index in [9.17, 15) is 4.79 Å². The Morgan fingerprint density at radius 1 is 1.04 bits per heavy atom. The fraction of sp³-hybridized carbons (Fsp3) is 0.957. The van der Waals surface area contributed by atoms with Crippen molar-refractivity contribution in [3.8, 4) is 0 Å². The van der Waals surface area contributed by atoms with Gasteiger partial charge in [-0.2, -0.15) is 0 Å². The molecule has 5 fully saturated rings. The second-order valence-electron chi connectivity index (χ2n) is 10.1. The summed E-state index contributed by atoms with van der Waals surface area (Å²) in [6, 6.07) is 0. The summed E-state index contributed by atoms with van der Waals surface area (Å²) in [5, 5.41) is 0. The van der Waals surface area contributed by atoms with Gasteiger partial charge in [-0.3, -0.25) is 4.79 Å². The summed E-state index contributed by atoms with van der Waals surface area (Å²) in [4.78, 5) is 13.3. The van der Waals surface area contributed by atoms with Crippen LogP contribution in [0.2, 0.25) is 0 Å². The largest absolute Gasteiger partial charge is 0.458 e. The van der Waals surface area contributed by atoms with Crippen LogP contribution in [0, 0.1) is 41.4 Å². The maximum atomic E-state index is 13.3. The number of rotatable bonds is 5. The molecule has 0 spiro atoms. The lowest BCUT2D eigenvalue weighted by Gasteiger charge is -2.39. The Balaban J connectivity index is 1.32. The van der Waals surface area contributed by atoms with Gasteiger partial charge in [0, 0.05) is 0 Å². The quantitative estimate of drug-likeness (QED) is 0.649. The van der Waals surface area contributed by atoms with Crippen LogP contribution in [0.4, 0.5) is 0 Å². The standard InChI is InChI=1S/C23H36O3/c1-4-14-10-15(5-2)20-19(14)18-11-17(21(20)25-18)22(24)26-23(6-3)12-13-7-8-16(23)9-13/h13-21H,4-12H2,1-3H3. The number of hydrogen-bond acceptors (Lipinski definition) is 3. The molecule has 0 aromatic carbocycles. The van der Waals surface area contributed by atoms with Crippen molar-refractivity contribution in [2.24, 2.45) is 41.4 Å². The Morgan fingerprint density at radius 3 is 2.42 bits per heavy atom. The maximum Gasteiger partial charge on any atom is 0.312 e. The van der Waals surface area contributed by atoms with Crippen molar-refractivity contribution in [3.63, 3.8) is 0 Å². The topological polar surface area (TPSA) is 35.5 Å². The highest BCUT2D eigenvalue weighted by Crippen LogP contribution is 2.60. The molecule has 4 bridgehead atoms. The average molecular weight is 361 g/mol. The molecule has 10 atom stereocenters. The fourth-order valence-corrected chi connectivity index (χ4v) is 8.12. The van der Waals surface area contributed by atoms with E-state index in [0.29, 0.717) is 23.9 Å². The Hall–Kier alpha value is -0.570. The fourth-order valence-electron chi connectivity index (χ4n) is 8.12. The predicted octanol–water partition coefficient (Wildman–Crippen LogP) is 4.97. The van der Waals surface area contributed by atoms with Gasteiger partial charge in [-0.15, -0.1) is 0 Å². The predicted molar refractivity (Wildman–Crippen MR) is 100 cm³/mol. The van der Waals surface area contributed by atoms with Crippen molar-refractivity contribution in [3.05, 3.63) is 0 Å². The molecule has 2 heterocycles. The van der Waals surface area contributed by atoms with Crippen molar-refractivity contribution in [1.82, 2.24) is 0 Å². The summed E-state index contributed by atoms with van der Waals surface area (Å²) < 4.78 is 12.8. The van der Waals surface area contributed by atoms with Crippen molar-refractivity contribution in [2.45, 2.75) is 96.4 Å². The molecule has 0 radical (unpaired) electrons. The van der Waals surface area contributed by atoms with Gasteiger partial charge >= 0.3 is 5.97 Å². The van der Waals surface area contributed by atoms with E-state index < -0.39 is 0 Å². The summed E-state index contributed by atoms with van der Waals surface area (Å²) in [5.74, 6) is 4.39. The highest BCUT2D eigenvalue weighted by atomic mass is 16.6. The summed E-state index contributed by atoms with van der Waals surface area (Å²) in [7, 11) is 0. The highest BCUT2D eigenvalue weighted by molar-refractivity contribution is 5.74. The lowest BCUT2D eigenvalue weighted by Crippen LogP contribution is -2.45. The highest BCUT2D eigenvalue weighted by Gasteiger charge is 2.63. The van der Waals surface area contributed by atoms with Gasteiger partial charge in [-0.1, -0.05) is 33.6 Å². The molecule has 26 heavy (non-hydrogen) atoms. The van der Waals surface area contributed by atoms with E-state index in [4.69, 9.17) is 9.47 Å². The molecule has 0 amide bonds. The van der Waals surface area contributed by atoms with Crippen LogP contribution in [0.15, 0.2) is 0 Å². The monoisotopic (exact) mass is 360 g/mol. The molecule has 2 aliphatic heterocycles. The first kappa shape index (κ1) is 17.5. The van der Waals surface area contributed by atoms with Crippen LogP contribution in [-0.2, 0) is 14.3 Å². The van der Waals surface area contributed by atoms with Gasteiger partial charge in [0.25, 0.3) is 0 Å². The molecule has 0 aromatic rings. The zero-order valence-corrected chi connectivity index (χ0v) is 16.8. The van der Waals surface area contributed by atoms with E-state index in [0.717, 1.165) is 37.0 Å². The lowest BCUT2D eigenvalue weighted by atomic mass is 9.70. The summed E-state index contributed by atoms with van der Waals surface area (Å²) >= 11 is 0. The molecule has 3 nitrogen and oxygen atoms in total. The number of hydrogen-bond donors (Lipinski definition) is 0. The number of esters is 1. The van der Waals surface area contributed by atoms with Gasteiger partial charge in [0.1, 0.15) is 5.60 Å². The van der Waals surface area contributed by atoms with E-state index in [1.165, 1.54) is 38.5 Å². The maximum absolute atomic E-state index is 13.3. The third-order valence-electron chi connectivity index (χ3n) is 9.34. The Morgan fingerprint density at radius 2 is 1.81 bits per heavy atom. The number of carbonyl (C=O) groups excluding carboxylic acids is 1. The van der Waals surface area contributed by atoms with Crippen LogP contribution in [0.1, 0.15) is 78.6 Å². The zero-order chi connectivity index (χ0) is 18.1. The average Bonchev–Trinajstić information content (AvgIpc) is 3.44. The van der Waals surface area contributed by atoms with Crippen LogP contribution in [-0.4, -0.2) is 23.8 Å². The normalized spacial score (nSPS) is 54.0. The smallest absolute Gasteiger partial charge is 0.312 e. The van der Waals surface area contributed by atoms with E-state index >= 15 is 0 Å². The van der Waals surface area contributed by atoms with Gasteiger partial charge in [0.15, 0.2) is 0 Å². The Bertz CT molecular complexity index is 574. The summed E-state index contributed by atoms with van der Waals surface area (Å²) in [6.45, 7) is 6.87. The van der Waals surface area contributed by atoms with E-state index in [1.807, 2.05) is 0 Å². The second-order valence-corrected chi connectivity index (χ2v) is 10.1. The van der Waals surface area contributed by atoms with Gasteiger partial charge < -0.3 is 9.47 Å². The minimum Gasteiger partial charge on any atom is -0.458 e. The van der Waals surface area contributed by atoms with Crippen LogP contribution >= 0.6 is 0 Å². The van der Waals surface area contributed by atoms with Gasteiger partial charge in [0.05, 0.1) is 18.1 Å². The van der Waals surface area contributed by atoms with Crippen molar-refractivity contribution in [2.75, 3.05) is 0 Å². The van der Waals surface area contributed by atoms with Crippen molar-refractivity contribution >= 4 is 5.97 Å². The summed E-state index contributed by atoms with van der Waals surface area (Å²) in [5.41, 5.74) is -0.146. The lowest BCUT2D eigenvalue weighted by molar-refractivity contribution is -0.174. The molecule has 5 aliphatic rings. The minimum absolute atomic E-state index is 0.00783. The summed E-state index contributed by atoms with van der Waals surface area (Å²) in [6.07, 6.45) is 11.2. The van der Waals surface area contributed by atoms with E-state index in [1.54, 1.807) is 0 Å². The molecule has 146 valence electrons. The molecular weight excluding hydrogens is 324 g/mol. The molecule has 0 aromatic heterocycles. The van der Waals surface area contributed by atoms with Crippen LogP contribution in [0.5, 0.6) is 0 Å². The molecule has 3 saturated carbocycles. The Labute approximate surface area is 158 Å². The van der Waals surface area contributed by atoms with E-state index in [-0.39, 0.29) is 23.6 Å². The molecule has 3 aliphatic carbocycles. The number of fused-ring (bicyclic) bond motifs is 7. The number of carbonyl (C=O) groups is 1. The third kappa shape index (κ3) is 2.31. The first-order chi connectivity index (χ1) is 12.6. The van der Waals surface area contributed by atoms with Crippen LogP contribution in [0.25, 0.3) is 0 Å². The first-order valence-electron chi connectivity index (χ1n) is 11.5. The SMILES string of the molecule is CCC1CC(CC)C2C3OC(CC3C(=O)OC3(CC)CC4CCC3C4)C12. The molecular formula is C23H36O3. The Kier molecular flexibility index (Phi) is 4.19. The van der Waals surface area contributed by atoms with E-state index in [2.05, 4.69) is 20.8 Å². The van der Waals surface area contributed by atoms with Gasteiger partial charge in [-0.05, 0) is 80.5 Å². The first-order valence-corrected chi connectivity index (χ1v) is 11.5. The molecule has 0 N–H and O–H groups in total.